The van der Waals surface area contributed by atoms with E-state index >= 15 is 0 Å². The number of methoxy groups -OCH3 is 2. The maximum Gasteiger partial charge on any atom is 0.196 e. The molecule has 104 valence electrons. The van der Waals surface area contributed by atoms with Gasteiger partial charge in [-0.1, -0.05) is 18.2 Å². The van der Waals surface area contributed by atoms with Gasteiger partial charge in [-0.2, -0.15) is 0 Å². The largest absolute Gasteiger partial charge is 0.493 e. The van der Waals surface area contributed by atoms with Crippen molar-refractivity contribution in [2.24, 2.45) is 0 Å². The predicted molar refractivity (Wildman–Crippen MR) is 76.1 cm³/mol. The monoisotopic (exact) mass is 272 g/mol. The Hall–Kier alpha value is -2.07. The predicted octanol–water partition coefficient (Wildman–Crippen LogP) is 0.798. The van der Waals surface area contributed by atoms with Gasteiger partial charge < -0.3 is 14.2 Å². The molecule has 0 saturated carbocycles. The molecule has 0 bridgehead atoms. The molecule has 0 amide bonds. The maximum atomic E-state index is 5.80. The molecule has 20 heavy (non-hydrogen) atoms. The summed E-state index contributed by atoms with van der Waals surface area (Å²) in [6.45, 7) is 1.13. The third kappa shape index (κ3) is 1.84. The summed E-state index contributed by atoms with van der Waals surface area (Å²) in [5, 5.41) is 5.80. The van der Waals surface area contributed by atoms with Crippen LogP contribution in [0.3, 0.4) is 0 Å². The molecule has 0 unspecified atom stereocenters. The number of ether oxygens (including phenoxy) is 3. The third-order valence-corrected chi connectivity index (χ3v) is 3.88. The fraction of sp³-hybridized carbons (Fsp3) is 0.312. The highest BCUT2D eigenvalue weighted by molar-refractivity contribution is 6.00. The van der Waals surface area contributed by atoms with Gasteiger partial charge in [0.1, 0.15) is 0 Å². The highest BCUT2D eigenvalue weighted by Crippen LogP contribution is 2.43. The van der Waals surface area contributed by atoms with Crippen molar-refractivity contribution in [1.82, 2.24) is 0 Å². The molecule has 0 aromatic heterocycles. The normalized spacial score (nSPS) is 19.0. The summed E-state index contributed by atoms with van der Waals surface area (Å²) >= 11 is 0. The Bertz CT molecular complexity index is 600. The van der Waals surface area contributed by atoms with Gasteiger partial charge in [0.25, 0.3) is 0 Å². The lowest BCUT2D eigenvalue weighted by molar-refractivity contribution is -0.110. The van der Waals surface area contributed by atoms with Gasteiger partial charge in [-0.15, -0.1) is 0 Å². The van der Waals surface area contributed by atoms with Crippen molar-refractivity contribution >= 4 is 5.71 Å². The second kappa shape index (κ2) is 4.80. The molecule has 1 aromatic rings. The summed E-state index contributed by atoms with van der Waals surface area (Å²) in [4.78, 5) is 0. The Balaban J connectivity index is 2.17. The first-order valence-electron chi connectivity index (χ1n) is 6.53. The van der Waals surface area contributed by atoms with Crippen molar-refractivity contribution in [2.75, 3.05) is 20.8 Å². The lowest BCUT2D eigenvalue weighted by atomic mass is 9.74. The standard InChI is InChI=1S/C16H17NO3/c1-18-14-4-3-13-12(15(14)19-2)9-20-10-16(13)7-5-11(17)6-8-16/h3-8,17H,9-10H2,1-2H3/p+1. The number of fused-ring (bicyclic) bond motifs is 2. The van der Waals surface area contributed by atoms with E-state index in [2.05, 4.69) is 18.2 Å². The summed E-state index contributed by atoms with van der Waals surface area (Å²) in [6, 6.07) is 4.02. The number of benzene rings is 1. The highest BCUT2D eigenvalue weighted by atomic mass is 16.5. The molecule has 0 radical (unpaired) electrons. The molecule has 1 aliphatic heterocycles. The molecule has 2 aliphatic rings. The van der Waals surface area contributed by atoms with E-state index in [1.165, 1.54) is 5.56 Å². The Kier molecular flexibility index (Phi) is 3.10. The minimum atomic E-state index is -0.268. The Labute approximate surface area is 118 Å². The quantitative estimate of drug-likeness (QED) is 0.866. The van der Waals surface area contributed by atoms with E-state index in [1.807, 2.05) is 18.2 Å². The lowest BCUT2D eigenvalue weighted by Gasteiger charge is -2.36. The van der Waals surface area contributed by atoms with Crippen molar-refractivity contribution in [1.29, 1.82) is 0 Å². The maximum absolute atomic E-state index is 5.80. The van der Waals surface area contributed by atoms with E-state index in [4.69, 9.17) is 19.6 Å². The molecule has 2 N–H and O–H groups in total. The Morgan fingerprint density at radius 3 is 2.55 bits per heavy atom. The van der Waals surface area contributed by atoms with Crippen molar-refractivity contribution in [3.05, 3.63) is 47.6 Å². The average Bonchev–Trinajstić information content (AvgIpc) is 2.49. The molecule has 0 fully saturated rings. The molecule has 0 saturated heterocycles. The molecule has 4 heteroatoms. The summed E-state index contributed by atoms with van der Waals surface area (Å²) in [5.74, 6) is 1.47. The van der Waals surface area contributed by atoms with E-state index in [0.717, 1.165) is 22.8 Å². The fourth-order valence-corrected chi connectivity index (χ4v) is 2.85. The van der Waals surface area contributed by atoms with E-state index in [-0.39, 0.29) is 5.41 Å². The second-order valence-corrected chi connectivity index (χ2v) is 5.03. The molecular formula is C16H18NO3+. The smallest absolute Gasteiger partial charge is 0.196 e. The Morgan fingerprint density at radius 1 is 1.15 bits per heavy atom. The van der Waals surface area contributed by atoms with Crippen molar-refractivity contribution in [2.45, 2.75) is 12.0 Å². The van der Waals surface area contributed by atoms with Gasteiger partial charge >= 0.3 is 0 Å². The molecule has 4 nitrogen and oxygen atoms in total. The van der Waals surface area contributed by atoms with E-state index < -0.39 is 0 Å². The SMILES string of the molecule is COc1ccc2c(c1OC)COCC21C=CC(=[NH2+])C=C1. The Morgan fingerprint density at radius 2 is 1.90 bits per heavy atom. The zero-order valence-corrected chi connectivity index (χ0v) is 11.7. The topological polar surface area (TPSA) is 53.3 Å². The molecule has 1 spiro atoms. The lowest BCUT2D eigenvalue weighted by Crippen LogP contribution is -2.41. The second-order valence-electron chi connectivity index (χ2n) is 5.03. The van der Waals surface area contributed by atoms with Crippen LogP contribution in [0.2, 0.25) is 0 Å². The van der Waals surface area contributed by atoms with Crippen molar-refractivity contribution in [3.63, 3.8) is 0 Å². The van der Waals surface area contributed by atoms with Crippen LogP contribution in [0, 0.1) is 0 Å². The summed E-state index contributed by atoms with van der Waals surface area (Å²) < 4.78 is 16.6. The summed E-state index contributed by atoms with van der Waals surface area (Å²) in [7, 11) is 3.29. The van der Waals surface area contributed by atoms with Crippen LogP contribution in [0.25, 0.3) is 0 Å². The van der Waals surface area contributed by atoms with Crippen LogP contribution in [0.15, 0.2) is 36.4 Å². The number of rotatable bonds is 2. The van der Waals surface area contributed by atoms with Gasteiger partial charge in [0, 0.05) is 17.7 Å². The molecule has 1 aliphatic carbocycles. The van der Waals surface area contributed by atoms with Crippen LogP contribution in [-0.4, -0.2) is 26.5 Å². The summed E-state index contributed by atoms with van der Waals surface area (Å²) in [6.07, 6.45) is 8.03. The van der Waals surface area contributed by atoms with Gasteiger partial charge in [-0.3, -0.25) is 5.41 Å². The number of nitrogens with two attached hydrogens (primary N) is 1. The van der Waals surface area contributed by atoms with Crippen molar-refractivity contribution < 1.29 is 19.6 Å². The van der Waals surface area contributed by atoms with Gasteiger partial charge in [-0.05, 0) is 11.6 Å². The first-order chi connectivity index (χ1) is 9.70. The van der Waals surface area contributed by atoms with E-state index in [0.29, 0.717) is 13.2 Å². The van der Waals surface area contributed by atoms with Crippen LogP contribution < -0.4 is 14.9 Å². The van der Waals surface area contributed by atoms with Crippen LogP contribution in [0.1, 0.15) is 11.1 Å². The fourth-order valence-electron chi connectivity index (χ4n) is 2.85. The summed E-state index contributed by atoms with van der Waals surface area (Å²) in [5.41, 5.74) is 2.70. The zero-order valence-electron chi connectivity index (χ0n) is 11.7. The van der Waals surface area contributed by atoms with Gasteiger partial charge in [0.15, 0.2) is 17.2 Å². The minimum Gasteiger partial charge on any atom is -0.493 e. The average molecular weight is 272 g/mol. The van der Waals surface area contributed by atoms with Gasteiger partial charge in [-0.25, -0.2) is 0 Å². The number of hydrogen-bond donors (Lipinski definition) is 1. The van der Waals surface area contributed by atoms with E-state index in [9.17, 15) is 0 Å². The minimum absolute atomic E-state index is 0.268. The van der Waals surface area contributed by atoms with E-state index in [1.54, 1.807) is 14.2 Å². The third-order valence-electron chi connectivity index (χ3n) is 3.88. The van der Waals surface area contributed by atoms with Crippen molar-refractivity contribution in [3.8, 4) is 11.5 Å². The first-order valence-corrected chi connectivity index (χ1v) is 6.53. The molecule has 1 heterocycles. The molecule has 1 aromatic carbocycles. The highest BCUT2D eigenvalue weighted by Gasteiger charge is 2.37. The molecule has 0 atom stereocenters. The van der Waals surface area contributed by atoms with Gasteiger partial charge in [0.2, 0.25) is 0 Å². The van der Waals surface area contributed by atoms with Crippen LogP contribution in [0.5, 0.6) is 11.5 Å². The van der Waals surface area contributed by atoms with Crippen LogP contribution >= 0.6 is 0 Å². The first kappa shape index (κ1) is 12.9. The number of allylic oxidation sites excluding steroid dienone is 2. The molecule has 3 rings (SSSR count). The van der Waals surface area contributed by atoms with Gasteiger partial charge in [0.05, 0.1) is 32.8 Å². The van der Waals surface area contributed by atoms with Crippen LogP contribution in [-0.2, 0) is 16.8 Å². The number of hydrogen-bond acceptors (Lipinski definition) is 3. The zero-order chi connectivity index (χ0) is 14.2. The van der Waals surface area contributed by atoms with Crippen LogP contribution in [0.4, 0.5) is 0 Å². The molecular weight excluding hydrogens is 254 g/mol.